The van der Waals surface area contributed by atoms with E-state index in [1.807, 2.05) is 0 Å². The van der Waals surface area contributed by atoms with E-state index >= 15 is 0 Å². The van der Waals surface area contributed by atoms with Gasteiger partial charge in [-0.15, -0.1) is 11.6 Å². The highest BCUT2D eigenvalue weighted by molar-refractivity contribution is 7.07. The van der Waals surface area contributed by atoms with Gasteiger partial charge in [-0.25, -0.2) is 0 Å². The number of nitrogens with zero attached hydrogens (tertiary/aromatic N) is 1. The molecular formula is C9H14ClNS. The summed E-state index contributed by atoms with van der Waals surface area (Å²) in [6, 6.07) is 2.17. The average Bonchev–Trinajstić information content (AvgIpc) is 2.56. The Morgan fingerprint density at radius 2 is 2.42 bits per heavy atom. The molecular weight excluding hydrogens is 190 g/mol. The Bertz CT molecular complexity index is 198. The second-order valence-electron chi connectivity index (χ2n) is 2.69. The molecule has 68 valence electrons. The number of halogens is 1. The highest BCUT2D eigenvalue weighted by Gasteiger charge is 2.01. The standard InChI is InChI=1S/C9H14ClNS/c1-2-11(5-4-10)7-9-3-6-12-8-9/h3,6,8H,2,4-5,7H2,1H3. The lowest BCUT2D eigenvalue weighted by molar-refractivity contribution is 0.298. The largest absolute Gasteiger partial charge is 0.298 e. The molecule has 0 fully saturated rings. The van der Waals surface area contributed by atoms with Crippen LogP contribution in [0.1, 0.15) is 12.5 Å². The van der Waals surface area contributed by atoms with Crippen LogP contribution in [0.3, 0.4) is 0 Å². The van der Waals surface area contributed by atoms with Crippen molar-refractivity contribution in [1.29, 1.82) is 0 Å². The van der Waals surface area contributed by atoms with E-state index in [1.54, 1.807) is 11.3 Å². The number of thiophene rings is 1. The Hall–Kier alpha value is -0.0500. The fourth-order valence-corrected chi connectivity index (χ4v) is 2.01. The van der Waals surface area contributed by atoms with Crippen molar-refractivity contribution in [3.63, 3.8) is 0 Å². The summed E-state index contributed by atoms with van der Waals surface area (Å²) in [6.07, 6.45) is 0. The zero-order chi connectivity index (χ0) is 8.81. The molecule has 1 nitrogen and oxygen atoms in total. The third kappa shape index (κ3) is 3.13. The summed E-state index contributed by atoms with van der Waals surface area (Å²) in [6.45, 7) is 5.25. The lowest BCUT2D eigenvalue weighted by Gasteiger charge is -2.17. The van der Waals surface area contributed by atoms with Crippen molar-refractivity contribution in [2.45, 2.75) is 13.5 Å². The fraction of sp³-hybridized carbons (Fsp3) is 0.556. The normalized spacial score (nSPS) is 10.9. The molecule has 0 radical (unpaired) electrons. The Labute approximate surface area is 83.0 Å². The van der Waals surface area contributed by atoms with E-state index in [4.69, 9.17) is 11.6 Å². The molecule has 0 unspecified atom stereocenters. The summed E-state index contributed by atoms with van der Waals surface area (Å²) in [5.74, 6) is 0.720. The molecule has 1 rings (SSSR count). The molecule has 0 aromatic carbocycles. The molecule has 0 N–H and O–H groups in total. The zero-order valence-electron chi connectivity index (χ0n) is 7.29. The van der Waals surface area contributed by atoms with Crippen LogP contribution in [0.4, 0.5) is 0 Å². The molecule has 0 aliphatic carbocycles. The summed E-state index contributed by atoms with van der Waals surface area (Å²) in [7, 11) is 0. The number of hydrogen-bond donors (Lipinski definition) is 0. The van der Waals surface area contributed by atoms with Gasteiger partial charge in [0.25, 0.3) is 0 Å². The Kier molecular flexibility index (Phi) is 4.66. The molecule has 0 aliphatic heterocycles. The lowest BCUT2D eigenvalue weighted by Crippen LogP contribution is -2.24. The van der Waals surface area contributed by atoms with Crippen LogP contribution in [0.25, 0.3) is 0 Å². The van der Waals surface area contributed by atoms with Gasteiger partial charge in [0.15, 0.2) is 0 Å². The second kappa shape index (κ2) is 5.57. The maximum absolute atomic E-state index is 5.68. The predicted molar refractivity (Wildman–Crippen MR) is 56.0 cm³/mol. The van der Waals surface area contributed by atoms with Crippen molar-refractivity contribution in [2.24, 2.45) is 0 Å². The van der Waals surface area contributed by atoms with E-state index < -0.39 is 0 Å². The average molecular weight is 204 g/mol. The molecule has 0 saturated heterocycles. The van der Waals surface area contributed by atoms with Crippen molar-refractivity contribution >= 4 is 22.9 Å². The van der Waals surface area contributed by atoms with Crippen molar-refractivity contribution < 1.29 is 0 Å². The number of hydrogen-bond acceptors (Lipinski definition) is 2. The van der Waals surface area contributed by atoms with Gasteiger partial charge in [0.1, 0.15) is 0 Å². The third-order valence-corrected chi connectivity index (χ3v) is 2.74. The van der Waals surface area contributed by atoms with Crippen molar-refractivity contribution in [3.8, 4) is 0 Å². The Balaban J connectivity index is 2.37. The monoisotopic (exact) mass is 203 g/mol. The Morgan fingerprint density at radius 1 is 1.58 bits per heavy atom. The highest BCUT2D eigenvalue weighted by atomic mass is 35.5. The van der Waals surface area contributed by atoms with Gasteiger partial charge in [-0.2, -0.15) is 11.3 Å². The molecule has 0 bridgehead atoms. The van der Waals surface area contributed by atoms with Crippen molar-refractivity contribution in [2.75, 3.05) is 19.0 Å². The van der Waals surface area contributed by atoms with Gasteiger partial charge in [0.2, 0.25) is 0 Å². The highest BCUT2D eigenvalue weighted by Crippen LogP contribution is 2.08. The maximum atomic E-state index is 5.68. The number of rotatable bonds is 5. The zero-order valence-corrected chi connectivity index (χ0v) is 8.87. The summed E-state index contributed by atoms with van der Waals surface area (Å²) < 4.78 is 0. The summed E-state index contributed by atoms with van der Waals surface area (Å²) >= 11 is 7.43. The van der Waals surface area contributed by atoms with Crippen LogP contribution >= 0.6 is 22.9 Å². The minimum atomic E-state index is 0.720. The van der Waals surface area contributed by atoms with Gasteiger partial charge >= 0.3 is 0 Å². The van der Waals surface area contributed by atoms with E-state index in [-0.39, 0.29) is 0 Å². The first kappa shape index (κ1) is 10.0. The van der Waals surface area contributed by atoms with Crippen LogP contribution in [0.5, 0.6) is 0 Å². The van der Waals surface area contributed by atoms with Gasteiger partial charge in [-0.05, 0) is 28.9 Å². The smallest absolute Gasteiger partial charge is 0.0351 e. The predicted octanol–water partition coefficient (Wildman–Crippen LogP) is 2.81. The van der Waals surface area contributed by atoms with Gasteiger partial charge in [-0.3, -0.25) is 4.90 Å². The second-order valence-corrected chi connectivity index (χ2v) is 3.85. The summed E-state index contributed by atoms with van der Waals surface area (Å²) in [5.41, 5.74) is 1.40. The molecule has 3 heteroatoms. The van der Waals surface area contributed by atoms with Crippen LogP contribution in [-0.2, 0) is 6.54 Å². The molecule has 12 heavy (non-hydrogen) atoms. The van der Waals surface area contributed by atoms with E-state index in [9.17, 15) is 0 Å². The number of alkyl halides is 1. The molecule has 1 heterocycles. The lowest BCUT2D eigenvalue weighted by atomic mass is 10.3. The van der Waals surface area contributed by atoms with E-state index in [1.165, 1.54) is 5.56 Å². The molecule has 0 aliphatic rings. The minimum absolute atomic E-state index is 0.720. The minimum Gasteiger partial charge on any atom is -0.298 e. The first-order chi connectivity index (χ1) is 5.86. The van der Waals surface area contributed by atoms with Gasteiger partial charge in [-0.1, -0.05) is 6.92 Å². The quantitative estimate of drug-likeness (QED) is 0.666. The van der Waals surface area contributed by atoms with Crippen LogP contribution in [0, 0.1) is 0 Å². The summed E-state index contributed by atoms with van der Waals surface area (Å²) in [4.78, 5) is 2.34. The van der Waals surface area contributed by atoms with E-state index in [0.29, 0.717) is 0 Å². The summed E-state index contributed by atoms with van der Waals surface area (Å²) in [5, 5.41) is 4.31. The van der Waals surface area contributed by atoms with Gasteiger partial charge < -0.3 is 0 Å². The van der Waals surface area contributed by atoms with Crippen LogP contribution in [0.2, 0.25) is 0 Å². The first-order valence-electron chi connectivity index (χ1n) is 4.16. The molecule has 0 spiro atoms. The van der Waals surface area contributed by atoms with E-state index in [2.05, 4.69) is 28.7 Å². The van der Waals surface area contributed by atoms with Gasteiger partial charge in [0.05, 0.1) is 0 Å². The van der Waals surface area contributed by atoms with E-state index in [0.717, 1.165) is 25.5 Å². The maximum Gasteiger partial charge on any atom is 0.0351 e. The van der Waals surface area contributed by atoms with Crippen LogP contribution in [-0.4, -0.2) is 23.9 Å². The third-order valence-electron chi connectivity index (χ3n) is 1.83. The molecule has 1 aromatic heterocycles. The molecule has 0 saturated carbocycles. The SMILES string of the molecule is CCN(CCCl)Cc1ccsc1. The van der Waals surface area contributed by atoms with Crippen molar-refractivity contribution in [3.05, 3.63) is 22.4 Å². The van der Waals surface area contributed by atoms with Crippen LogP contribution < -0.4 is 0 Å². The topological polar surface area (TPSA) is 3.24 Å². The van der Waals surface area contributed by atoms with Crippen molar-refractivity contribution in [1.82, 2.24) is 4.90 Å². The fourth-order valence-electron chi connectivity index (χ4n) is 1.11. The first-order valence-corrected chi connectivity index (χ1v) is 5.64. The molecule has 0 amide bonds. The van der Waals surface area contributed by atoms with Gasteiger partial charge in [0, 0.05) is 19.0 Å². The Morgan fingerprint density at radius 3 is 2.92 bits per heavy atom. The molecule has 0 atom stereocenters. The molecule has 1 aromatic rings. The van der Waals surface area contributed by atoms with Crippen LogP contribution in [0.15, 0.2) is 16.8 Å².